The van der Waals surface area contributed by atoms with E-state index in [1.165, 1.54) is 87.8 Å². The number of thiocarbonyl (C=S) groups is 1. The predicted molar refractivity (Wildman–Crippen MR) is 242 cm³/mol. The van der Waals surface area contributed by atoms with Crippen LogP contribution in [-0.2, 0) is 14.4 Å². The lowest BCUT2D eigenvalue weighted by atomic mass is 9.89. The van der Waals surface area contributed by atoms with Gasteiger partial charge in [0.2, 0.25) is 5.91 Å². The quantitative estimate of drug-likeness (QED) is 0.0702. The number of hydrogen-bond donors (Lipinski definition) is 1. The summed E-state index contributed by atoms with van der Waals surface area (Å²) >= 11 is 8.27. The molecule has 58 heavy (non-hydrogen) atoms. The summed E-state index contributed by atoms with van der Waals surface area (Å²) in [6.45, 7) is 2.30. The zero-order chi connectivity index (χ0) is 40.2. The summed E-state index contributed by atoms with van der Waals surface area (Å²) < 4.78 is 0.519. The van der Waals surface area contributed by atoms with Crippen molar-refractivity contribution >= 4 is 75.2 Å². The molecular weight excluding hydrogens is 779 g/mol. The first kappa shape index (κ1) is 40.4. The van der Waals surface area contributed by atoms with Crippen LogP contribution < -0.4 is 4.90 Å². The van der Waals surface area contributed by atoms with Crippen molar-refractivity contribution in [2.24, 2.45) is 5.92 Å². The Morgan fingerprint density at radius 3 is 2.24 bits per heavy atom. The molecule has 3 aliphatic heterocycles. The molecule has 3 aromatic rings. The number of carboxylic acid groups (broad SMARTS) is 1. The van der Waals surface area contributed by atoms with E-state index in [0.717, 1.165) is 56.1 Å². The van der Waals surface area contributed by atoms with Crippen LogP contribution >= 0.6 is 35.7 Å². The fraction of sp³-hybridized carbons (Fsp3) is 0.375. The van der Waals surface area contributed by atoms with Gasteiger partial charge in [0.05, 0.1) is 4.91 Å². The fourth-order valence-electron chi connectivity index (χ4n) is 9.28. The molecule has 0 bridgehead atoms. The highest BCUT2D eigenvalue weighted by atomic mass is 32.2. The van der Waals surface area contributed by atoms with E-state index in [9.17, 15) is 19.5 Å². The first-order valence-electron chi connectivity index (χ1n) is 20.9. The summed E-state index contributed by atoms with van der Waals surface area (Å²) in [5.41, 5.74) is 9.74. The van der Waals surface area contributed by atoms with Crippen LogP contribution in [0.1, 0.15) is 94.2 Å². The molecule has 2 amide bonds. The third-order valence-electron chi connectivity index (χ3n) is 12.1. The Kier molecular flexibility index (Phi) is 12.7. The second-order valence-corrected chi connectivity index (χ2v) is 18.8. The molecule has 4 atom stereocenters. The van der Waals surface area contributed by atoms with Gasteiger partial charge in [0, 0.05) is 29.9 Å². The van der Waals surface area contributed by atoms with Gasteiger partial charge < -0.3 is 14.9 Å². The summed E-state index contributed by atoms with van der Waals surface area (Å²) in [5, 5.41) is 8.56. The minimum atomic E-state index is -1.09. The van der Waals surface area contributed by atoms with Gasteiger partial charge in [0.1, 0.15) is 21.5 Å². The standard InChI is InChI=1S/C48H51N3O4S3/c1-2-3-4-5-6-13-27-49-46(55)44(58-48(49)56)47-50(31-43(52)53)45(54)42(57-47)30-33-23-26-41-39(29-33)37-19-14-20-40(37)51(41)36-24-21-32(22-25-36)28-38(34-15-9-7-10-16-34)35-17-11-8-12-18-35/h7-12,15-18,21-22,24-25,28-30,37,40,44,47H,2-6,13-14,19-20,23,26-27,31H2,1H3,(H,52,53)/b42-30-. The molecule has 3 aromatic carbocycles. The van der Waals surface area contributed by atoms with Crippen molar-refractivity contribution in [3.63, 3.8) is 0 Å². The number of rotatable bonds is 15. The van der Waals surface area contributed by atoms with Gasteiger partial charge >= 0.3 is 5.97 Å². The lowest BCUT2D eigenvalue weighted by Crippen LogP contribution is -2.45. The van der Waals surface area contributed by atoms with E-state index in [0.29, 0.717) is 27.7 Å². The molecule has 8 rings (SSSR count). The van der Waals surface area contributed by atoms with Gasteiger partial charge in [-0.1, -0.05) is 160 Å². The molecule has 1 N–H and O–H groups in total. The summed E-state index contributed by atoms with van der Waals surface area (Å²) in [5.74, 6) is -1.10. The number of aliphatic carboxylic acids is 1. The number of benzene rings is 3. The maximum absolute atomic E-state index is 13.9. The smallest absolute Gasteiger partial charge is 0.323 e. The van der Waals surface area contributed by atoms with Gasteiger partial charge in [-0.3, -0.25) is 19.3 Å². The number of thioether (sulfide) groups is 2. The molecule has 7 nitrogen and oxygen atoms in total. The second-order valence-electron chi connectivity index (χ2n) is 15.9. The maximum atomic E-state index is 13.9. The Balaban J connectivity index is 1.01. The molecule has 2 saturated heterocycles. The van der Waals surface area contributed by atoms with Crippen LogP contribution in [0.15, 0.2) is 119 Å². The maximum Gasteiger partial charge on any atom is 0.323 e. The van der Waals surface area contributed by atoms with Crippen LogP contribution in [0.4, 0.5) is 5.69 Å². The van der Waals surface area contributed by atoms with Crippen molar-refractivity contribution in [2.45, 2.75) is 94.2 Å². The highest BCUT2D eigenvalue weighted by Crippen LogP contribution is 2.51. The largest absolute Gasteiger partial charge is 0.480 e. The Morgan fingerprint density at radius 1 is 0.862 bits per heavy atom. The summed E-state index contributed by atoms with van der Waals surface area (Å²) in [6, 6.07) is 30.5. The summed E-state index contributed by atoms with van der Waals surface area (Å²) in [6.07, 6.45) is 18.3. The molecule has 4 unspecified atom stereocenters. The minimum absolute atomic E-state index is 0.118. The average molecular weight is 830 g/mol. The minimum Gasteiger partial charge on any atom is -0.480 e. The summed E-state index contributed by atoms with van der Waals surface area (Å²) in [4.78, 5) is 45.8. The number of carbonyl (C=O) groups is 3. The van der Waals surface area contributed by atoms with E-state index < -0.39 is 23.1 Å². The Morgan fingerprint density at radius 2 is 1.55 bits per heavy atom. The van der Waals surface area contributed by atoms with Crippen molar-refractivity contribution in [1.82, 2.24) is 9.80 Å². The van der Waals surface area contributed by atoms with Crippen molar-refractivity contribution in [3.05, 3.63) is 136 Å². The van der Waals surface area contributed by atoms with E-state index in [1.807, 2.05) is 6.08 Å². The number of carboxylic acids is 1. The number of nitrogens with zero attached hydrogens (tertiary/aromatic N) is 3. The van der Waals surface area contributed by atoms with Gasteiger partial charge in [-0.2, -0.15) is 0 Å². The second kappa shape index (κ2) is 18.3. The first-order valence-corrected chi connectivity index (χ1v) is 23.1. The third kappa shape index (κ3) is 8.52. The Bertz CT molecular complexity index is 2120. The summed E-state index contributed by atoms with van der Waals surface area (Å²) in [7, 11) is 0. The van der Waals surface area contributed by atoms with Gasteiger partial charge in [-0.25, -0.2) is 0 Å². The number of hydrogen-bond acceptors (Lipinski definition) is 7. The molecule has 3 heterocycles. The van der Waals surface area contributed by atoms with Gasteiger partial charge in [0.15, 0.2) is 0 Å². The molecule has 0 aromatic heterocycles. The van der Waals surface area contributed by atoms with Crippen molar-refractivity contribution < 1.29 is 19.5 Å². The number of fused-ring (bicyclic) bond motifs is 2. The van der Waals surface area contributed by atoms with Crippen LogP contribution in [-0.4, -0.2) is 66.8 Å². The lowest BCUT2D eigenvalue weighted by Gasteiger charge is -2.30. The monoisotopic (exact) mass is 829 g/mol. The Hall–Kier alpha value is -4.38. The van der Waals surface area contributed by atoms with Crippen LogP contribution in [0.2, 0.25) is 0 Å². The highest BCUT2D eigenvalue weighted by molar-refractivity contribution is 8.25. The molecule has 0 spiro atoms. The zero-order valence-electron chi connectivity index (χ0n) is 33.1. The van der Waals surface area contributed by atoms with E-state index in [1.54, 1.807) is 4.90 Å². The highest BCUT2D eigenvalue weighted by Gasteiger charge is 2.50. The molecule has 300 valence electrons. The van der Waals surface area contributed by atoms with Crippen molar-refractivity contribution in [3.8, 4) is 0 Å². The topological polar surface area (TPSA) is 81.2 Å². The van der Waals surface area contributed by atoms with E-state index in [2.05, 4.69) is 109 Å². The number of allylic oxidation sites excluding steroid dienone is 4. The van der Waals surface area contributed by atoms with Crippen molar-refractivity contribution in [1.29, 1.82) is 0 Å². The van der Waals surface area contributed by atoms with Crippen LogP contribution in [0.5, 0.6) is 0 Å². The number of unbranched alkanes of at least 4 members (excludes halogenated alkanes) is 5. The molecule has 5 aliphatic rings. The van der Waals surface area contributed by atoms with Gasteiger partial charge in [-0.15, -0.1) is 0 Å². The Labute approximate surface area is 356 Å². The molecule has 2 aliphatic carbocycles. The third-order valence-corrected chi connectivity index (χ3v) is 15.2. The van der Waals surface area contributed by atoms with E-state index in [-0.39, 0.29) is 11.8 Å². The van der Waals surface area contributed by atoms with E-state index in [4.69, 9.17) is 12.2 Å². The van der Waals surface area contributed by atoms with E-state index >= 15 is 0 Å². The van der Waals surface area contributed by atoms with Gasteiger partial charge in [0.25, 0.3) is 5.91 Å². The molecule has 0 radical (unpaired) electrons. The predicted octanol–water partition coefficient (Wildman–Crippen LogP) is 10.7. The van der Waals surface area contributed by atoms with Crippen LogP contribution in [0.25, 0.3) is 11.6 Å². The SMILES string of the molecule is CCCCCCCCN1C(=O)C(C2S/C(=C\C3=CC4=C(CC3)N(c3ccc(C=C(c5ccccc5)c5ccccc5)cc3)C3CCCC43)C(=O)N2CC(=O)O)SC1=S. The molecule has 1 saturated carbocycles. The average Bonchev–Trinajstić information content (AvgIpc) is 3.98. The van der Waals surface area contributed by atoms with Crippen molar-refractivity contribution in [2.75, 3.05) is 18.0 Å². The molecule has 10 heteroatoms. The number of amides is 2. The zero-order valence-corrected chi connectivity index (χ0v) is 35.5. The normalized spacial score (nSPS) is 23.5. The lowest BCUT2D eigenvalue weighted by molar-refractivity contribution is -0.143. The number of carbonyl (C=O) groups excluding carboxylic acids is 2. The first-order chi connectivity index (χ1) is 28.3. The van der Waals surface area contributed by atoms with Crippen LogP contribution in [0, 0.1) is 5.92 Å². The molecular formula is C48H51N3O4S3. The van der Waals surface area contributed by atoms with Crippen LogP contribution in [0.3, 0.4) is 0 Å². The van der Waals surface area contributed by atoms with Gasteiger partial charge in [-0.05, 0) is 89.8 Å². The molecule has 3 fully saturated rings. The fourth-order valence-corrected chi connectivity index (χ4v) is 12.4. The number of anilines is 1.